The summed E-state index contributed by atoms with van der Waals surface area (Å²) < 4.78 is 5.36. The summed E-state index contributed by atoms with van der Waals surface area (Å²) in [6.07, 6.45) is 7.74. The molecular formula is C24H34N2O3. The lowest BCUT2D eigenvalue weighted by Gasteiger charge is -2.54. The van der Waals surface area contributed by atoms with Gasteiger partial charge in [-0.05, 0) is 55.4 Å². The van der Waals surface area contributed by atoms with E-state index in [2.05, 4.69) is 29.2 Å². The van der Waals surface area contributed by atoms with E-state index >= 15 is 0 Å². The van der Waals surface area contributed by atoms with E-state index < -0.39 is 0 Å². The molecule has 5 nitrogen and oxygen atoms in total. The maximum Gasteiger partial charge on any atom is 0.223 e. The molecule has 1 saturated carbocycles. The summed E-state index contributed by atoms with van der Waals surface area (Å²) in [6, 6.07) is 10.4. The SMILES string of the molecule is O=C(CCCc1ccccc1)N1CCC2(CCC2CC(=O)N2CCOCC2)CC1. The molecule has 2 heterocycles. The molecule has 158 valence electrons. The molecule has 3 fully saturated rings. The van der Waals surface area contributed by atoms with E-state index in [1.165, 1.54) is 18.4 Å². The minimum absolute atomic E-state index is 0.302. The van der Waals surface area contributed by atoms with Crippen molar-refractivity contribution in [1.82, 2.24) is 9.80 Å². The standard InChI is InChI=1S/C24H34N2O3/c27-22(8-4-7-20-5-2-1-3-6-20)25-13-11-24(12-14-25)10-9-21(24)19-23(28)26-15-17-29-18-16-26/h1-3,5-6,21H,4,7-19H2. The monoisotopic (exact) mass is 398 g/mol. The Labute approximate surface area is 174 Å². The summed E-state index contributed by atoms with van der Waals surface area (Å²) in [7, 11) is 0. The van der Waals surface area contributed by atoms with E-state index in [4.69, 9.17) is 4.74 Å². The van der Waals surface area contributed by atoms with Crippen molar-refractivity contribution in [2.45, 2.75) is 51.4 Å². The smallest absolute Gasteiger partial charge is 0.223 e. The molecule has 0 N–H and O–H groups in total. The van der Waals surface area contributed by atoms with E-state index in [0.29, 0.717) is 49.2 Å². The number of amides is 2. The number of nitrogens with zero attached hydrogens (tertiary/aromatic N) is 2. The van der Waals surface area contributed by atoms with Crippen molar-refractivity contribution in [3.63, 3.8) is 0 Å². The zero-order valence-electron chi connectivity index (χ0n) is 17.5. The van der Waals surface area contributed by atoms with E-state index in [9.17, 15) is 9.59 Å². The van der Waals surface area contributed by atoms with Crippen LogP contribution in [0.3, 0.4) is 0 Å². The van der Waals surface area contributed by atoms with Gasteiger partial charge in [-0.3, -0.25) is 9.59 Å². The van der Waals surface area contributed by atoms with Gasteiger partial charge < -0.3 is 14.5 Å². The van der Waals surface area contributed by atoms with Gasteiger partial charge in [-0.2, -0.15) is 0 Å². The van der Waals surface area contributed by atoms with E-state index in [1.54, 1.807) is 0 Å². The van der Waals surface area contributed by atoms with Gasteiger partial charge in [0.2, 0.25) is 11.8 Å². The Bertz CT molecular complexity index is 691. The number of hydrogen-bond acceptors (Lipinski definition) is 3. The van der Waals surface area contributed by atoms with Crippen molar-refractivity contribution < 1.29 is 14.3 Å². The molecule has 5 heteroatoms. The fourth-order valence-corrected chi connectivity index (χ4v) is 5.33. The highest BCUT2D eigenvalue weighted by Crippen LogP contribution is 2.55. The number of piperidine rings is 1. The third-order valence-electron chi connectivity index (χ3n) is 7.45. The lowest BCUT2D eigenvalue weighted by molar-refractivity contribution is -0.144. The van der Waals surface area contributed by atoms with Crippen LogP contribution in [-0.4, -0.2) is 61.0 Å². The second kappa shape index (κ2) is 9.29. The van der Waals surface area contributed by atoms with Crippen molar-refractivity contribution in [1.29, 1.82) is 0 Å². The van der Waals surface area contributed by atoms with Gasteiger partial charge in [0, 0.05) is 39.0 Å². The average molecular weight is 399 g/mol. The summed E-state index contributed by atoms with van der Waals surface area (Å²) in [5.74, 6) is 1.11. The highest BCUT2D eigenvalue weighted by molar-refractivity contribution is 5.77. The summed E-state index contributed by atoms with van der Waals surface area (Å²) in [6.45, 7) is 4.55. The molecule has 0 bridgehead atoms. The Kier molecular flexibility index (Phi) is 6.53. The van der Waals surface area contributed by atoms with Crippen LogP contribution in [0.2, 0.25) is 0 Å². The van der Waals surface area contributed by atoms with Crippen molar-refractivity contribution in [3.8, 4) is 0 Å². The molecule has 0 radical (unpaired) electrons. The largest absolute Gasteiger partial charge is 0.378 e. The summed E-state index contributed by atoms with van der Waals surface area (Å²) >= 11 is 0. The summed E-state index contributed by atoms with van der Waals surface area (Å²) in [5, 5.41) is 0. The number of likely N-dealkylation sites (tertiary alicyclic amines) is 1. The number of carbonyl (C=O) groups is 2. The van der Waals surface area contributed by atoms with Gasteiger partial charge in [-0.15, -0.1) is 0 Å². The normalized spacial score (nSPS) is 23.7. The van der Waals surface area contributed by atoms with Crippen LogP contribution in [0.4, 0.5) is 0 Å². The van der Waals surface area contributed by atoms with Crippen LogP contribution < -0.4 is 0 Å². The molecule has 1 unspecified atom stereocenters. The van der Waals surface area contributed by atoms with Crippen LogP contribution in [0.1, 0.15) is 50.5 Å². The predicted molar refractivity (Wildman–Crippen MR) is 112 cm³/mol. The van der Waals surface area contributed by atoms with Crippen molar-refractivity contribution >= 4 is 11.8 Å². The topological polar surface area (TPSA) is 49.9 Å². The minimum Gasteiger partial charge on any atom is -0.378 e. The minimum atomic E-state index is 0.302. The van der Waals surface area contributed by atoms with E-state index in [0.717, 1.165) is 51.9 Å². The number of hydrogen-bond donors (Lipinski definition) is 0. The first kappa shape index (κ1) is 20.4. The molecule has 2 amide bonds. The molecule has 29 heavy (non-hydrogen) atoms. The number of aryl methyl sites for hydroxylation is 1. The van der Waals surface area contributed by atoms with Crippen LogP contribution in [0.5, 0.6) is 0 Å². The first-order chi connectivity index (χ1) is 14.2. The third kappa shape index (κ3) is 4.82. The molecule has 4 rings (SSSR count). The third-order valence-corrected chi connectivity index (χ3v) is 7.45. The van der Waals surface area contributed by atoms with Gasteiger partial charge in [0.25, 0.3) is 0 Å². The van der Waals surface area contributed by atoms with Crippen LogP contribution in [-0.2, 0) is 20.7 Å². The van der Waals surface area contributed by atoms with Crippen LogP contribution >= 0.6 is 0 Å². The number of benzene rings is 1. The number of carbonyl (C=O) groups excluding carboxylic acids is 2. The zero-order valence-corrected chi connectivity index (χ0v) is 17.5. The van der Waals surface area contributed by atoms with Gasteiger partial charge in [-0.1, -0.05) is 30.3 Å². The molecule has 0 aromatic heterocycles. The predicted octanol–water partition coefficient (Wildman–Crippen LogP) is 3.28. The van der Waals surface area contributed by atoms with Crippen molar-refractivity contribution in [3.05, 3.63) is 35.9 Å². The summed E-state index contributed by atoms with van der Waals surface area (Å²) in [4.78, 5) is 29.3. The van der Waals surface area contributed by atoms with Crippen LogP contribution in [0.25, 0.3) is 0 Å². The molecule has 1 aliphatic carbocycles. The molecule has 1 aromatic carbocycles. The maximum absolute atomic E-state index is 12.6. The number of ether oxygens (including phenoxy) is 1. The summed E-state index contributed by atoms with van der Waals surface area (Å²) in [5.41, 5.74) is 1.61. The fourth-order valence-electron chi connectivity index (χ4n) is 5.33. The zero-order chi connectivity index (χ0) is 20.1. The van der Waals surface area contributed by atoms with Crippen LogP contribution in [0, 0.1) is 11.3 Å². The molecule has 1 atom stereocenters. The van der Waals surface area contributed by atoms with Gasteiger partial charge in [0.1, 0.15) is 0 Å². The Morgan fingerprint density at radius 3 is 2.28 bits per heavy atom. The maximum atomic E-state index is 12.6. The molecule has 2 aliphatic heterocycles. The Hall–Kier alpha value is -1.88. The highest BCUT2D eigenvalue weighted by Gasteiger charge is 2.49. The first-order valence-corrected chi connectivity index (χ1v) is 11.3. The van der Waals surface area contributed by atoms with Gasteiger partial charge in [0.05, 0.1) is 13.2 Å². The van der Waals surface area contributed by atoms with Gasteiger partial charge >= 0.3 is 0 Å². The van der Waals surface area contributed by atoms with Gasteiger partial charge in [-0.25, -0.2) is 0 Å². The lowest BCUT2D eigenvalue weighted by atomic mass is 9.54. The average Bonchev–Trinajstić information content (AvgIpc) is 2.78. The lowest BCUT2D eigenvalue weighted by Crippen LogP contribution is -2.52. The second-order valence-electron chi connectivity index (χ2n) is 9.02. The number of morpholine rings is 1. The van der Waals surface area contributed by atoms with Crippen molar-refractivity contribution in [2.24, 2.45) is 11.3 Å². The van der Waals surface area contributed by atoms with E-state index in [1.807, 2.05) is 11.0 Å². The molecular weight excluding hydrogens is 364 g/mol. The molecule has 1 spiro atoms. The molecule has 2 saturated heterocycles. The molecule has 3 aliphatic rings. The van der Waals surface area contributed by atoms with Crippen molar-refractivity contribution in [2.75, 3.05) is 39.4 Å². The van der Waals surface area contributed by atoms with E-state index in [-0.39, 0.29) is 0 Å². The number of rotatable bonds is 6. The second-order valence-corrected chi connectivity index (χ2v) is 9.02. The Morgan fingerprint density at radius 2 is 1.62 bits per heavy atom. The first-order valence-electron chi connectivity index (χ1n) is 11.3. The molecule has 1 aromatic rings. The van der Waals surface area contributed by atoms with Gasteiger partial charge in [0.15, 0.2) is 0 Å². The Morgan fingerprint density at radius 1 is 0.931 bits per heavy atom. The fraction of sp³-hybridized carbons (Fsp3) is 0.667. The Balaban J connectivity index is 1.20. The van der Waals surface area contributed by atoms with Crippen LogP contribution in [0.15, 0.2) is 30.3 Å². The highest BCUT2D eigenvalue weighted by atomic mass is 16.5. The quantitative estimate of drug-likeness (QED) is 0.739.